The van der Waals surface area contributed by atoms with Crippen molar-refractivity contribution in [3.63, 3.8) is 0 Å². The summed E-state index contributed by atoms with van der Waals surface area (Å²) in [6, 6.07) is -0.431. The van der Waals surface area contributed by atoms with Crippen LogP contribution in [-0.4, -0.2) is 43.7 Å². The van der Waals surface area contributed by atoms with Crippen LogP contribution in [0.4, 0.5) is 0 Å². The zero-order chi connectivity index (χ0) is 12.3. The number of nitrogens with zero attached hydrogens (tertiary/aromatic N) is 1. The summed E-state index contributed by atoms with van der Waals surface area (Å²) in [6.45, 7) is 8.30. The third kappa shape index (κ3) is 3.46. The summed E-state index contributed by atoms with van der Waals surface area (Å²) < 4.78 is 5.30. The normalized spacial score (nSPS) is 23.2. The van der Waals surface area contributed by atoms with E-state index in [0.29, 0.717) is 5.92 Å². The van der Waals surface area contributed by atoms with E-state index in [0.717, 1.165) is 26.2 Å². The molecule has 1 aliphatic rings. The summed E-state index contributed by atoms with van der Waals surface area (Å²) in [5.74, 6) is 0.500. The Bertz CT molecular complexity index is 242. The number of carbonyl (C=O) groups excluding carboxylic acids is 1. The monoisotopic (exact) mass is 228 g/mol. The molecule has 1 fully saturated rings. The van der Waals surface area contributed by atoms with Gasteiger partial charge in [0.15, 0.2) is 0 Å². The molecule has 0 aliphatic carbocycles. The number of ether oxygens (including phenoxy) is 1. The van der Waals surface area contributed by atoms with Crippen LogP contribution in [-0.2, 0) is 9.53 Å². The number of rotatable bonds is 3. The molecule has 0 saturated carbocycles. The van der Waals surface area contributed by atoms with Gasteiger partial charge < -0.3 is 15.4 Å². The Kier molecular flexibility index (Phi) is 4.33. The second kappa shape index (κ2) is 5.15. The maximum Gasteiger partial charge on any atom is 0.239 e. The van der Waals surface area contributed by atoms with Crippen LogP contribution in [0.25, 0.3) is 0 Å². The summed E-state index contributed by atoms with van der Waals surface area (Å²) >= 11 is 0. The maximum absolute atomic E-state index is 12.0. The fourth-order valence-electron chi connectivity index (χ4n) is 1.81. The zero-order valence-corrected chi connectivity index (χ0v) is 10.8. The third-order valence-corrected chi connectivity index (χ3v) is 3.13. The van der Waals surface area contributed by atoms with Crippen LogP contribution < -0.4 is 5.73 Å². The molecule has 1 saturated heterocycles. The lowest BCUT2D eigenvalue weighted by Crippen LogP contribution is -2.50. The number of likely N-dealkylation sites (N-methyl/N-ethyl adjacent to an activating group) is 1. The van der Waals surface area contributed by atoms with Crippen molar-refractivity contribution < 1.29 is 9.53 Å². The molecule has 1 amide bonds. The van der Waals surface area contributed by atoms with Crippen molar-refractivity contribution in [1.29, 1.82) is 0 Å². The highest BCUT2D eigenvalue weighted by Crippen LogP contribution is 2.20. The van der Waals surface area contributed by atoms with Crippen molar-refractivity contribution >= 4 is 5.91 Å². The van der Waals surface area contributed by atoms with Gasteiger partial charge in [-0.25, -0.2) is 0 Å². The van der Waals surface area contributed by atoms with E-state index in [4.69, 9.17) is 10.5 Å². The van der Waals surface area contributed by atoms with E-state index in [-0.39, 0.29) is 11.3 Å². The number of hydrogen-bond acceptors (Lipinski definition) is 3. The molecule has 94 valence electrons. The summed E-state index contributed by atoms with van der Waals surface area (Å²) in [6.07, 6.45) is 1.04. The molecular formula is C12H24N2O2. The lowest BCUT2D eigenvalue weighted by atomic mass is 9.86. The average molecular weight is 228 g/mol. The second-order valence-corrected chi connectivity index (χ2v) is 5.79. The minimum atomic E-state index is -0.431. The molecule has 1 unspecified atom stereocenters. The molecule has 4 heteroatoms. The van der Waals surface area contributed by atoms with Gasteiger partial charge in [0.25, 0.3) is 0 Å². The van der Waals surface area contributed by atoms with E-state index < -0.39 is 6.04 Å². The largest absolute Gasteiger partial charge is 0.381 e. The van der Waals surface area contributed by atoms with E-state index in [2.05, 4.69) is 0 Å². The molecule has 0 aromatic carbocycles. The molecule has 0 radical (unpaired) electrons. The van der Waals surface area contributed by atoms with Gasteiger partial charge in [-0.15, -0.1) is 0 Å². The fraction of sp³-hybridized carbons (Fsp3) is 0.917. The zero-order valence-electron chi connectivity index (χ0n) is 10.8. The molecule has 0 spiro atoms. The summed E-state index contributed by atoms with van der Waals surface area (Å²) in [5, 5.41) is 0. The summed E-state index contributed by atoms with van der Waals surface area (Å²) in [5.41, 5.74) is 5.76. The first-order valence-corrected chi connectivity index (χ1v) is 5.90. The van der Waals surface area contributed by atoms with Crippen LogP contribution in [0.5, 0.6) is 0 Å². The minimum Gasteiger partial charge on any atom is -0.381 e. The highest BCUT2D eigenvalue weighted by atomic mass is 16.5. The van der Waals surface area contributed by atoms with Gasteiger partial charge >= 0.3 is 0 Å². The molecule has 16 heavy (non-hydrogen) atoms. The van der Waals surface area contributed by atoms with E-state index in [9.17, 15) is 4.79 Å². The maximum atomic E-state index is 12.0. The number of amides is 1. The highest BCUT2D eigenvalue weighted by Gasteiger charge is 2.30. The van der Waals surface area contributed by atoms with Crippen molar-refractivity contribution in [2.75, 3.05) is 26.8 Å². The molecule has 0 aromatic rings. The van der Waals surface area contributed by atoms with Crippen LogP contribution in [0, 0.1) is 11.3 Å². The predicted octanol–water partition coefficient (Wildman–Crippen LogP) is 0.855. The predicted molar refractivity (Wildman–Crippen MR) is 64.0 cm³/mol. The first-order chi connectivity index (χ1) is 7.32. The quantitative estimate of drug-likeness (QED) is 0.779. The third-order valence-electron chi connectivity index (χ3n) is 3.13. The van der Waals surface area contributed by atoms with Crippen molar-refractivity contribution in [2.45, 2.75) is 33.2 Å². The standard InChI is InChI=1S/C12H24N2O2/c1-12(2,3)10(13)11(15)14(4)7-9-5-6-16-8-9/h9-10H,5-8,13H2,1-4H3/t9?,10-/m1/s1. The van der Waals surface area contributed by atoms with Crippen molar-refractivity contribution in [3.05, 3.63) is 0 Å². The molecule has 2 atom stereocenters. The lowest BCUT2D eigenvalue weighted by molar-refractivity contribution is -0.134. The van der Waals surface area contributed by atoms with E-state index in [1.807, 2.05) is 27.8 Å². The van der Waals surface area contributed by atoms with E-state index in [1.54, 1.807) is 4.90 Å². The van der Waals surface area contributed by atoms with E-state index >= 15 is 0 Å². The Morgan fingerprint density at radius 2 is 2.19 bits per heavy atom. The molecule has 0 bridgehead atoms. The van der Waals surface area contributed by atoms with Gasteiger partial charge in [-0.2, -0.15) is 0 Å². The highest BCUT2D eigenvalue weighted by molar-refractivity contribution is 5.82. The van der Waals surface area contributed by atoms with Gasteiger partial charge in [-0.1, -0.05) is 20.8 Å². The van der Waals surface area contributed by atoms with Gasteiger partial charge in [0, 0.05) is 26.1 Å². The first-order valence-electron chi connectivity index (χ1n) is 5.90. The SMILES string of the molecule is CN(CC1CCOC1)C(=O)[C@@H](N)C(C)(C)C. The van der Waals surface area contributed by atoms with Gasteiger partial charge in [-0.05, 0) is 11.8 Å². The Labute approximate surface area is 98.1 Å². The summed E-state index contributed by atoms with van der Waals surface area (Å²) in [4.78, 5) is 13.8. The molecule has 2 N–H and O–H groups in total. The molecule has 1 aliphatic heterocycles. The van der Waals surface area contributed by atoms with Crippen molar-refractivity contribution in [1.82, 2.24) is 4.90 Å². The van der Waals surface area contributed by atoms with Crippen LogP contribution in [0.2, 0.25) is 0 Å². The molecular weight excluding hydrogens is 204 g/mol. The molecule has 0 aromatic heterocycles. The Morgan fingerprint density at radius 1 is 1.56 bits per heavy atom. The minimum absolute atomic E-state index is 0.0272. The van der Waals surface area contributed by atoms with Gasteiger partial charge in [-0.3, -0.25) is 4.79 Å². The fourth-order valence-corrected chi connectivity index (χ4v) is 1.81. The number of hydrogen-bond donors (Lipinski definition) is 1. The lowest BCUT2D eigenvalue weighted by Gasteiger charge is -2.31. The number of nitrogens with two attached hydrogens (primary N) is 1. The second-order valence-electron chi connectivity index (χ2n) is 5.79. The summed E-state index contributed by atoms with van der Waals surface area (Å²) in [7, 11) is 1.83. The van der Waals surface area contributed by atoms with Crippen molar-refractivity contribution in [3.8, 4) is 0 Å². The van der Waals surface area contributed by atoms with Gasteiger partial charge in [0.2, 0.25) is 5.91 Å². The Hall–Kier alpha value is -0.610. The molecule has 4 nitrogen and oxygen atoms in total. The van der Waals surface area contributed by atoms with Crippen molar-refractivity contribution in [2.24, 2.45) is 17.1 Å². The molecule has 1 heterocycles. The van der Waals surface area contributed by atoms with E-state index in [1.165, 1.54) is 0 Å². The van der Waals surface area contributed by atoms with Gasteiger partial charge in [0.1, 0.15) is 0 Å². The topological polar surface area (TPSA) is 55.6 Å². The van der Waals surface area contributed by atoms with Crippen LogP contribution in [0.15, 0.2) is 0 Å². The first kappa shape index (κ1) is 13.5. The van der Waals surface area contributed by atoms with Crippen LogP contribution >= 0.6 is 0 Å². The van der Waals surface area contributed by atoms with Gasteiger partial charge in [0.05, 0.1) is 12.6 Å². The van der Waals surface area contributed by atoms with Crippen LogP contribution in [0.1, 0.15) is 27.2 Å². The average Bonchev–Trinajstić information content (AvgIpc) is 2.66. The van der Waals surface area contributed by atoms with Crippen LogP contribution in [0.3, 0.4) is 0 Å². The molecule has 1 rings (SSSR count). The number of carbonyl (C=O) groups is 1. The Morgan fingerprint density at radius 3 is 2.62 bits per heavy atom. The smallest absolute Gasteiger partial charge is 0.239 e. The Balaban J connectivity index is 2.46.